The summed E-state index contributed by atoms with van der Waals surface area (Å²) < 4.78 is 6.28. The van der Waals surface area contributed by atoms with Crippen LogP contribution in [0.25, 0.3) is 111 Å². The molecule has 2 heterocycles. The predicted molar refractivity (Wildman–Crippen MR) is 227 cm³/mol. The Kier molecular flexibility index (Phi) is 7.14. The van der Waals surface area contributed by atoms with Crippen molar-refractivity contribution in [3.63, 3.8) is 0 Å². The maximum Gasteiger partial charge on any atom is 0.164 e. The molecule has 0 N–H and O–H groups in total. The summed E-state index contributed by atoms with van der Waals surface area (Å²) in [5.74, 6) is 1.88. The van der Waals surface area contributed by atoms with E-state index in [0.29, 0.717) is 17.5 Å². The average Bonchev–Trinajstić information content (AvgIpc) is 3.65. The smallest absolute Gasteiger partial charge is 0.164 e. The Morgan fingerprint density at radius 2 is 0.818 bits per heavy atom. The van der Waals surface area contributed by atoms with Crippen LogP contribution >= 0.6 is 0 Å². The SMILES string of the molecule is c1ccc2cc(-c3nc(-c4ccc(-c5cccc6ccccc56)cc4)nc(-c4cccc5c(-c6cccc7oc8ccccc8c67)cccc45)n3)ccc2c1. The molecule has 0 aliphatic rings. The molecule has 4 nitrogen and oxygen atoms in total. The summed E-state index contributed by atoms with van der Waals surface area (Å²) >= 11 is 0. The molecule has 11 rings (SSSR count). The third-order valence-electron chi connectivity index (χ3n) is 10.7. The zero-order chi connectivity index (χ0) is 36.3. The number of hydrogen-bond donors (Lipinski definition) is 0. The molecule has 0 saturated carbocycles. The van der Waals surface area contributed by atoms with E-state index in [4.69, 9.17) is 19.4 Å². The molecule has 0 atom stereocenters. The molecule has 0 unspecified atom stereocenters. The summed E-state index contributed by atoms with van der Waals surface area (Å²) in [6.07, 6.45) is 0. The van der Waals surface area contributed by atoms with Crippen LogP contribution in [-0.4, -0.2) is 15.0 Å². The van der Waals surface area contributed by atoms with Gasteiger partial charge >= 0.3 is 0 Å². The Morgan fingerprint density at radius 3 is 1.67 bits per heavy atom. The van der Waals surface area contributed by atoms with Gasteiger partial charge in [0.25, 0.3) is 0 Å². The van der Waals surface area contributed by atoms with Gasteiger partial charge in [-0.2, -0.15) is 0 Å². The summed E-state index contributed by atoms with van der Waals surface area (Å²) in [7, 11) is 0. The number of furan rings is 1. The van der Waals surface area contributed by atoms with Gasteiger partial charge in [0, 0.05) is 27.5 Å². The van der Waals surface area contributed by atoms with E-state index in [1.807, 2.05) is 18.2 Å². The van der Waals surface area contributed by atoms with Crippen LogP contribution in [0, 0.1) is 0 Å². The summed E-state index contributed by atoms with van der Waals surface area (Å²) in [6, 6.07) is 65.8. The fourth-order valence-electron chi connectivity index (χ4n) is 8.10. The minimum absolute atomic E-state index is 0.625. The van der Waals surface area contributed by atoms with Crippen LogP contribution in [0.5, 0.6) is 0 Å². The molecule has 256 valence electrons. The highest BCUT2D eigenvalue weighted by atomic mass is 16.3. The van der Waals surface area contributed by atoms with Gasteiger partial charge in [0.1, 0.15) is 11.2 Å². The lowest BCUT2D eigenvalue weighted by Gasteiger charge is -2.13. The molecule has 0 radical (unpaired) electrons. The van der Waals surface area contributed by atoms with Crippen molar-refractivity contribution in [1.82, 2.24) is 15.0 Å². The van der Waals surface area contributed by atoms with Crippen LogP contribution in [-0.2, 0) is 0 Å². The molecule has 0 aliphatic carbocycles. The lowest BCUT2D eigenvalue weighted by Crippen LogP contribution is -2.01. The highest BCUT2D eigenvalue weighted by Crippen LogP contribution is 2.41. The number of hydrogen-bond acceptors (Lipinski definition) is 4. The maximum atomic E-state index is 6.28. The topological polar surface area (TPSA) is 51.8 Å². The second kappa shape index (κ2) is 12.6. The van der Waals surface area contributed by atoms with Crippen molar-refractivity contribution in [1.29, 1.82) is 0 Å². The van der Waals surface area contributed by atoms with E-state index in [2.05, 4.69) is 170 Å². The first kappa shape index (κ1) is 31.1. The number of para-hydroxylation sites is 1. The van der Waals surface area contributed by atoms with Gasteiger partial charge in [-0.05, 0) is 72.8 Å². The summed E-state index contributed by atoms with van der Waals surface area (Å²) in [6.45, 7) is 0. The molecule has 0 amide bonds. The van der Waals surface area contributed by atoms with Crippen LogP contribution in [0.15, 0.2) is 192 Å². The van der Waals surface area contributed by atoms with E-state index in [0.717, 1.165) is 71.5 Å². The summed E-state index contributed by atoms with van der Waals surface area (Å²) in [4.78, 5) is 15.5. The number of benzene rings is 9. The van der Waals surface area contributed by atoms with Gasteiger partial charge < -0.3 is 4.42 Å². The van der Waals surface area contributed by atoms with Crippen LogP contribution in [0.2, 0.25) is 0 Å². The molecule has 0 bridgehead atoms. The van der Waals surface area contributed by atoms with Crippen LogP contribution in [0.3, 0.4) is 0 Å². The van der Waals surface area contributed by atoms with Gasteiger partial charge in [-0.15, -0.1) is 0 Å². The van der Waals surface area contributed by atoms with E-state index >= 15 is 0 Å². The van der Waals surface area contributed by atoms with Crippen LogP contribution < -0.4 is 0 Å². The van der Waals surface area contributed by atoms with Crippen LogP contribution in [0.4, 0.5) is 0 Å². The zero-order valence-corrected chi connectivity index (χ0v) is 29.6. The van der Waals surface area contributed by atoms with E-state index in [9.17, 15) is 0 Å². The third kappa shape index (κ3) is 5.26. The van der Waals surface area contributed by atoms with Crippen molar-refractivity contribution in [2.75, 3.05) is 0 Å². The van der Waals surface area contributed by atoms with Gasteiger partial charge in [0.2, 0.25) is 0 Å². The second-order valence-electron chi connectivity index (χ2n) is 14.0. The molecule has 55 heavy (non-hydrogen) atoms. The Hall–Kier alpha value is -7.43. The zero-order valence-electron chi connectivity index (χ0n) is 29.6. The monoisotopic (exact) mass is 701 g/mol. The van der Waals surface area contributed by atoms with E-state index in [1.165, 1.54) is 21.7 Å². The fraction of sp³-hybridized carbons (Fsp3) is 0. The Labute approximate surface area is 317 Å². The van der Waals surface area contributed by atoms with Crippen molar-refractivity contribution in [3.05, 3.63) is 188 Å². The molecule has 0 saturated heterocycles. The Morgan fingerprint density at radius 1 is 0.291 bits per heavy atom. The molecule has 0 aliphatic heterocycles. The lowest BCUT2D eigenvalue weighted by atomic mass is 9.93. The highest BCUT2D eigenvalue weighted by Gasteiger charge is 2.18. The van der Waals surface area contributed by atoms with Crippen molar-refractivity contribution in [2.24, 2.45) is 0 Å². The number of aromatic nitrogens is 3. The number of rotatable bonds is 5. The predicted octanol–water partition coefficient (Wildman–Crippen LogP) is 13.6. The Balaban J connectivity index is 1.09. The van der Waals surface area contributed by atoms with Gasteiger partial charge in [0.05, 0.1) is 0 Å². The first-order valence-corrected chi connectivity index (χ1v) is 18.5. The fourth-order valence-corrected chi connectivity index (χ4v) is 8.10. The highest BCUT2D eigenvalue weighted by molar-refractivity contribution is 6.16. The van der Waals surface area contributed by atoms with Crippen molar-refractivity contribution >= 4 is 54.3 Å². The summed E-state index contributed by atoms with van der Waals surface area (Å²) in [5, 5.41) is 9.17. The molecule has 0 fully saturated rings. The maximum absolute atomic E-state index is 6.28. The van der Waals surface area contributed by atoms with Gasteiger partial charge in [-0.1, -0.05) is 170 Å². The molecule has 0 spiro atoms. The normalized spacial score (nSPS) is 11.6. The molecular weight excluding hydrogens is 671 g/mol. The van der Waals surface area contributed by atoms with Crippen molar-refractivity contribution < 1.29 is 4.42 Å². The Bertz CT molecular complexity index is 3270. The van der Waals surface area contributed by atoms with E-state index < -0.39 is 0 Å². The largest absolute Gasteiger partial charge is 0.456 e. The molecular formula is C51H31N3O. The first-order valence-electron chi connectivity index (χ1n) is 18.5. The minimum Gasteiger partial charge on any atom is -0.456 e. The summed E-state index contributed by atoms with van der Waals surface area (Å²) in [5.41, 5.74) is 9.17. The van der Waals surface area contributed by atoms with Gasteiger partial charge in [-0.3, -0.25) is 0 Å². The minimum atomic E-state index is 0.625. The first-order chi connectivity index (χ1) is 27.2. The average molecular weight is 702 g/mol. The van der Waals surface area contributed by atoms with Gasteiger partial charge in [-0.25, -0.2) is 15.0 Å². The standard InChI is InChI=1S/C51H31N3O/c1-2-13-36-31-37(30-25-32(36)11-1)50-52-49(35-28-26-34(27-29-35)39-17-7-14-33-12-3-4-15-38(33)39)53-51(54-50)44-22-9-18-40-41(19-8-20-42(40)44)43-21-10-24-47-48(43)45-16-5-6-23-46(45)55-47/h1-31H. The third-order valence-corrected chi connectivity index (χ3v) is 10.7. The lowest BCUT2D eigenvalue weighted by molar-refractivity contribution is 0.669. The van der Waals surface area contributed by atoms with E-state index in [-0.39, 0.29) is 0 Å². The van der Waals surface area contributed by atoms with Crippen LogP contribution in [0.1, 0.15) is 0 Å². The van der Waals surface area contributed by atoms with Crippen molar-refractivity contribution in [2.45, 2.75) is 0 Å². The van der Waals surface area contributed by atoms with Gasteiger partial charge in [0.15, 0.2) is 17.5 Å². The molecule has 9 aromatic carbocycles. The number of fused-ring (bicyclic) bond motifs is 6. The molecule has 2 aromatic heterocycles. The quantitative estimate of drug-likeness (QED) is 0.179. The second-order valence-corrected chi connectivity index (χ2v) is 14.0. The van der Waals surface area contributed by atoms with E-state index in [1.54, 1.807) is 0 Å². The number of nitrogens with zero attached hydrogens (tertiary/aromatic N) is 3. The molecule has 4 heteroatoms. The molecule has 11 aromatic rings. The van der Waals surface area contributed by atoms with Crippen molar-refractivity contribution in [3.8, 4) is 56.4 Å².